The second kappa shape index (κ2) is 17.1. The number of para-hydroxylation sites is 1. The molecule has 12 nitrogen and oxygen atoms in total. The van der Waals surface area contributed by atoms with Crippen LogP contribution in [0.4, 0.5) is 0 Å². The van der Waals surface area contributed by atoms with Crippen LogP contribution >= 0.6 is 0 Å². The molecule has 0 bridgehead atoms. The van der Waals surface area contributed by atoms with Gasteiger partial charge in [-0.1, -0.05) is 42.5 Å². The number of benzene rings is 3. The number of H-pyrrole nitrogens is 1. The number of aromatic amines is 1. The van der Waals surface area contributed by atoms with E-state index in [-0.39, 0.29) is 54.5 Å². The number of ether oxygens (including phenoxy) is 3. The number of rotatable bonds is 14. The van der Waals surface area contributed by atoms with Crippen molar-refractivity contribution in [3.8, 4) is 17.2 Å². The zero-order chi connectivity index (χ0) is 38.4. The monoisotopic (exact) mass is 737 g/mol. The van der Waals surface area contributed by atoms with Crippen LogP contribution < -0.4 is 24.8 Å². The summed E-state index contributed by atoms with van der Waals surface area (Å²) in [6, 6.07) is 20.1. The molecule has 3 heterocycles. The van der Waals surface area contributed by atoms with Gasteiger partial charge in [0.05, 0.1) is 38.2 Å². The summed E-state index contributed by atoms with van der Waals surface area (Å²) >= 11 is 0. The third kappa shape index (κ3) is 8.48. The molecule has 2 fully saturated rings. The smallest absolute Gasteiger partial charge is 0.254 e. The van der Waals surface area contributed by atoms with Gasteiger partial charge in [0, 0.05) is 50.4 Å². The average molecular weight is 738 g/mol. The van der Waals surface area contributed by atoms with Crippen LogP contribution in [0.15, 0.2) is 72.9 Å². The molecule has 2 aliphatic heterocycles. The fourth-order valence-corrected chi connectivity index (χ4v) is 7.91. The van der Waals surface area contributed by atoms with Crippen molar-refractivity contribution in [1.82, 2.24) is 25.4 Å². The first kappa shape index (κ1) is 38.2. The molecule has 1 aromatic heterocycles. The van der Waals surface area contributed by atoms with E-state index in [4.69, 9.17) is 14.2 Å². The predicted molar refractivity (Wildman–Crippen MR) is 206 cm³/mol. The number of nitrogens with one attached hydrogen (secondary N) is 3. The summed E-state index contributed by atoms with van der Waals surface area (Å²) in [5.41, 5.74) is 3.25. The van der Waals surface area contributed by atoms with Gasteiger partial charge in [0.2, 0.25) is 17.7 Å². The Hall–Kier alpha value is -5.52. The Morgan fingerprint density at radius 3 is 2.35 bits per heavy atom. The van der Waals surface area contributed by atoms with Crippen LogP contribution in [0.25, 0.3) is 10.9 Å². The summed E-state index contributed by atoms with van der Waals surface area (Å²) < 4.78 is 16.9. The summed E-state index contributed by atoms with van der Waals surface area (Å²) in [5.74, 6) is -0.158. The molecule has 4 amide bonds. The molecule has 4 aromatic rings. The first-order chi connectivity index (χ1) is 26.1. The Morgan fingerprint density at radius 2 is 1.63 bits per heavy atom. The first-order valence-corrected chi connectivity index (χ1v) is 18.7. The van der Waals surface area contributed by atoms with Crippen LogP contribution in [0.2, 0.25) is 0 Å². The zero-order valence-electron chi connectivity index (χ0n) is 31.7. The third-order valence-electron chi connectivity index (χ3n) is 10.6. The maximum atomic E-state index is 14.3. The quantitative estimate of drug-likeness (QED) is 0.172. The zero-order valence-corrected chi connectivity index (χ0v) is 31.7. The summed E-state index contributed by atoms with van der Waals surface area (Å²) in [7, 11) is 4.71. The number of methoxy groups -OCH3 is 2. The third-order valence-corrected chi connectivity index (χ3v) is 10.6. The second-order valence-corrected chi connectivity index (χ2v) is 14.5. The van der Waals surface area contributed by atoms with Crippen molar-refractivity contribution in [3.63, 3.8) is 0 Å². The van der Waals surface area contributed by atoms with Gasteiger partial charge >= 0.3 is 0 Å². The van der Waals surface area contributed by atoms with Crippen molar-refractivity contribution in [2.75, 3.05) is 47.4 Å². The summed E-state index contributed by atoms with van der Waals surface area (Å²) in [6.07, 6.45) is 3.82. The van der Waals surface area contributed by atoms with E-state index < -0.39 is 12.0 Å². The van der Waals surface area contributed by atoms with E-state index in [0.29, 0.717) is 55.3 Å². The largest absolute Gasteiger partial charge is 0.495 e. The van der Waals surface area contributed by atoms with Crippen molar-refractivity contribution in [2.24, 2.45) is 17.8 Å². The van der Waals surface area contributed by atoms with Gasteiger partial charge in [-0.05, 0) is 80.3 Å². The molecular weight excluding hydrogens is 686 g/mol. The number of hydrogen-bond donors (Lipinski definition) is 3. The number of fused-ring (bicyclic) bond motifs is 2. The molecule has 12 heteroatoms. The highest BCUT2D eigenvalue weighted by molar-refractivity contribution is 5.96. The molecule has 3 aromatic carbocycles. The van der Waals surface area contributed by atoms with Crippen LogP contribution in [-0.2, 0) is 27.2 Å². The number of aromatic nitrogens is 1. The Kier molecular flexibility index (Phi) is 12.1. The number of amides is 4. The van der Waals surface area contributed by atoms with E-state index in [9.17, 15) is 19.2 Å². The fourth-order valence-electron chi connectivity index (χ4n) is 7.91. The van der Waals surface area contributed by atoms with Crippen molar-refractivity contribution in [2.45, 2.75) is 51.7 Å². The van der Waals surface area contributed by atoms with Crippen LogP contribution in [0.3, 0.4) is 0 Å². The van der Waals surface area contributed by atoms with E-state index in [1.807, 2.05) is 68.6 Å². The molecule has 2 aliphatic rings. The predicted octanol–water partition coefficient (Wildman–Crippen LogP) is 4.62. The second-order valence-electron chi connectivity index (χ2n) is 14.5. The van der Waals surface area contributed by atoms with E-state index in [1.54, 1.807) is 42.2 Å². The summed E-state index contributed by atoms with van der Waals surface area (Å²) in [5, 5.41) is 6.65. The lowest BCUT2D eigenvalue weighted by Gasteiger charge is -2.40. The Labute approximate surface area is 316 Å². The number of likely N-dealkylation sites (tertiary alicyclic amines) is 2. The number of piperidine rings is 1. The van der Waals surface area contributed by atoms with Crippen LogP contribution in [-0.4, -0.2) is 98.0 Å². The number of hydrogen-bond acceptors (Lipinski definition) is 7. The molecule has 3 N–H and O–H groups in total. The molecule has 0 spiro atoms. The van der Waals surface area contributed by atoms with Gasteiger partial charge in [-0.15, -0.1) is 0 Å². The van der Waals surface area contributed by atoms with Gasteiger partial charge in [0.1, 0.15) is 11.8 Å². The summed E-state index contributed by atoms with van der Waals surface area (Å²) in [4.78, 5) is 62.2. The standard InChI is InChI=1S/C42H51N5O7/c1-26(2)54-35-18-17-28(19-37(35)53-5)42(51)47-23-30-22-46(38(48)20-29-21-44-39-31(29)14-10-16-36(39)52-4)25-33(32(30)24-47)40(49)45-34(41(50)43-3)15-9-13-27-11-7-6-8-12-27/h6-8,10-12,14,16-19,21,26,30,32-34,44H,9,13,15,20,22-25H2,1-5H3,(H,43,50)(H,45,49)/t30?,32?,33?,34-/m0/s1. The van der Waals surface area contributed by atoms with Gasteiger partial charge in [-0.3, -0.25) is 19.2 Å². The lowest BCUT2D eigenvalue weighted by Crippen LogP contribution is -2.56. The van der Waals surface area contributed by atoms with Crippen molar-refractivity contribution in [1.29, 1.82) is 0 Å². The number of nitrogens with zero attached hydrogens (tertiary/aromatic N) is 2. The SMILES string of the molecule is CNC(=O)[C@H](CCCc1ccccc1)NC(=O)C1CN(C(=O)Cc2c[nH]c3c(OC)cccc23)CC2CN(C(=O)c3ccc(OC(C)C)c(OC)c3)CC21. The fraction of sp³-hybridized carbons (Fsp3) is 0.429. The molecule has 0 saturated carbocycles. The minimum atomic E-state index is -0.741. The van der Waals surface area contributed by atoms with Gasteiger partial charge in [0.25, 0.3) is 5.91 Å². The van der Waals surface area contributed by atoms with Gasteiger partial charge in [-0.2, -0.15) is 0 Å². The van der Waals surface area contributed by atoms with Gasteiger partial charge < -0.3 is 39.6 Å². The molecule has 3 unspecified atom stereocenters. The Morgan fingerprint density at radius 1 is 0.870 bits per heavy atom. The van der Waals surface area contributed by atoms with E-state index >= 15 is 0 Å². The highest BCUT2D eigenvalue weighted by Gasteiger charge is 2.48. The first-order valence-electron chi connectivity index (χ1n) is 18.7. The van der Waals surface area contributed by atoms with E-state index in [1.165, 1.54) is 7.11 Å². The lowest BCUT2D eigenvalue weighted by atomic mass is 9.79. The summed E-state index contributed by atoms with van der Waals surface area (Å²) in [6.45, 7) is 5.15. The molecule has 0 aliphatic carbocycles. The molecule has 286 valence electrons. The number of carbonyl (C=O) groups is 4. The maximum absolute atomic E-state index is 14.3. The molecule has 4 atom stereocenters. The molecule has 6 rings (SSSR count). The lowest BCUT2D eigenvalue weighted by molar-refractivity contribution is -0.140. The Bertz CT molecular complexity index is 1960. The topological polar surface area (TPSA) is 142 Å². The maximum Gasteiger partial charge on any atom is 0.254 e. The van der Waals surface area contributed by atoms with Crippen LogP contribution in [0.1, 0.15) is 48.2 Å². The van der Waals surface area contributed by atoms with Crippen LogP contribution in [0.5, 0.6) is 17.2 Å². The van der Waals surface area contributed by atoms with Crippen molar-refractivity contribution < 1.29 is 33.4 Å². The van der Waals surface area contributed by atoms with E-state index in [0.717, 1.165) is 28.5 Å². The minimum Gasteiger partial charge on any atom is -0.495 e. The number of aryl methyl sites for hydroxylation is 1. The number of carbonyl (C=O) groups excluding carboxylic acids is 4. The van der Waals surface area contributed by atoms with Crippen LogP contribution in [0, 0.1) is 17.8 Å². The Balaban J connectivity index is 1.23. The minimum absolute atomic E-state index is 0.0680. The number of likely N-dealkylation sites (N-methyl/N-ethyl adjacent to an activating group) is 1. The molecule has 2 saturated heterocycles. The van der Waals surface area contributed by atoms with Gasteiger partial charge in [-0.25, -0.2) is 0 Å². The average Bonchev–Trinajstić information content (AvgIpc) is 3.81. The highest BCUT2D eigenvalue weighted by atomic mass is 16.5. The van der Waals surface area contributed by atoms with Gasteiger partial charge in [0.15, 0.2) is 11.5 Å². The molecular formula is C42H51N5O7. The van der Waals surface area contributed by atoms with Crippen molar-refractivity contribution >= 4 is 34.5 Å². The van der Waals surface area contributed by atoms with E-state index in [2.05, 4.69) is 15.6 Å². The van der Waals surface area contributed by atoms with Crippen molar-refractivity contribution in [3.05, 3.63) is 89.6 Å². The molecule has 0 radical (unpaired) electrons. The molecule has 54 heavy (non-hydrogen) atoms. The normalized spacial score (nSPS) is 18.6. The highest BCUT2D eigenvalue weighted by Crippen LogP contribution is 2.38.